The van der Waals surface area contributed by atoms with Crippen molar-refractivity contribution >= 4 is 17.3 Å². The lowest BCUT2D eigenvalue weighted by molar-refractivity contribution is 0.0956. The van der Waals surface area contributed by atoms with Crippen LogP contribution in [0.1, 0.15) is 37.6 Å². The first-order valence-electron chi connectivity index (χ1n) is 6.02. The van der Waals surface area contributed by atoms with E-state index in [0.29, 0.717) is 23.8 Å². The number of anilines is 2. The van der Waals surface area contributed by atoms with Gasteiger partial charge in [0.15, 0.2) is 0 Å². The van der Waals surface area contributed by atoms with Gasteiger partial charge in [-0.1, -0.05) is 6.92 Å². The maximum atomic E-state index is 11.6. The normalized spacial score (nSPS) is 11.9. The molecule has 0 radical (unpaired) electrons. The van der Waals surface area contributed by atoms with E-state index in [0.717, 1.165) is 12.1 Å². The lowest BCUT2D eigenvalue weighted by Crippen LogP contribution is -2.23. The molecule has 0 spiro atoms. The van der Waals surface area contributed by atoms with Gasteiger partial charge in [-0.25, -0.2) is 0 Å². The van der Waals surface area contributed by atoms with Gasteiger partial charge in [0.1, 0.15) is 0 Å². The van der Waals surface area contributed by atoms with Crippen LogP contribution in [0.4, 0.5) is 11.4 Å². The molecule has 1 atom stereocenters. The number of benzene rings is 1. The van der Waals surface area contributed by atoms with Gasteiger partial charge in [0.05, 0.1) is 11.4 Å². The molecule has 0 saturated heterocycles. The summed E-state index contributed by atoms with van der Waals surface area (Å²) in [6.45, 7) is 6.71. The number of rotatable bonds is 5. The molecule has 0 fully saturated rings. The Morgan fingerprint density at radius 1 is 1.41 bits per heavy atom. The highest BCUT2D eigenvalue weighted by Gasteiger charge is 2.08. The van der Waals surface area contributed by atoms with Crippen LogP contribution in [0.3, 0.4) is 0 Å². The summed E-state index contributed by atoms with van der Waals surface area (Å²) in [6.07, 6.45) is 1.03. The predicted octanol–water partition coefficient (Wildman–Crippen LogP) is 2.23. The van der Waals surface area contributed by atoms with Crippen molar-refractivity contribution in [2.75, 3.05) is 17.6 Å². The molecule has 0 aliphatic rings. The SMILES string of the molecule is CCNC(=O)c1ccc(N[C@H](C)CC)c(N)c1. The van der Waals surface area contributed by atoms with E-state index in [4.69, 9.17) is 5.73 Å². The van der Waals surface area contributed by atoms with Crippen LogP contribution in [0.25, 0.3) is 0 Å². The zero-order chi connectivity index (χ0) is 12.8. The van der Waals surface area contributed by atoms with E-state index < -0.39 is 0 Å². The average molecular weight is 235 g/mol. The summed E-state index contributed by atoms with van der Waals surface area (Å²) in [4.78, 5) is 11.6. The molecule has 0 aromatic heterocycles. The molecule has 0 aliphatic heterocycles. The van der Waals surface area contributed by atoms with Crippen LogP contribution in [0.2, 0.25) is 0 Å². The quantitative estimate of drug-likeness (QED) is 0.686. The molecule has 1 aromatic carbocycles. The Labute approximate surface area is 103 Å². The minimum absolute atomic E-state index is 0.0886. The fourth-order valence-electron chi connectivity index (χ4n) is 1.47. The van der Waals surface area contributed by atoms with Crippen LogP contribution >= 0.6 is 0 Å². The number of nitrogens with one attached hydrogen (secondary N) is 2. The molecular weight excluding hydrogens is 214 g/mol. The van der Waals surface area contributed by atoms with Crippen LogP contribution in [-0.4, -0.2) is 18.5 Å². The Bertz CT molecular complexity index is 390. The Balaban J connectivity index is 2.82. The molecule has 0 aliphatic carbocycles. The standard InChI is InChI=1S/C13H21N3O/c1-4-9(3)16-12-7-6-10(8-11(12)14)13(17)15-5-2/h6-9,16H,4-5,14H2,1-3H3,(H,15,17)/t9-/m1/s1. The molecule has 17 heavy (non-hydrogen) atoms. The van der Waals surface area contributed by atoms with E-state index in [1.807, 2.05) is 13.0 Å². The second kappa shape index (κ2) is 6.13. The number of hydrogen-bond donors (Lipinski definition) is 3. The molecule has 4 N–H and O–H groups in total. The zero-order valence-corrected chi connectivity index (χ0v) is 10.7. The van der Waals surface area contributed by atoms with Gasteiger partial charge in [-0.15, -0.1) is 0 Å². The first-order valence-corrected chi connectivity index (χ1v) is 6.02. The summed E-state index contributed by atoms with van der Waals surface area (Å²) in [7, 11) is 0. The Morgan fingerprint density at radius 2 is 2.12 bits per heavy atom. The second-order valence-corrected chi connectivity index (χ2v) is 4.12. The minimum atomic E-state index is -0.0886. The molecule has 0 heterocycles. The molecular formula is C13H21N3O. The third-order valence-corrected chi connectivity index (χ3v) is 2.67. The highest BCUT2D eigenvalue weighted by molar-refractivity contribution is 5.96. The first kappa shape index (κ1) is 13.4. The molecule has 4 heteroatoms. The molecule has 0 saturated carbocycles. The molecule has 94 valence electrons. The maximum Gasteiger partial charge on any atom is 0.251 e. The van der Waals surface area contributed by atoms with Crippen molar-refractivity contribution in [2.45, 2.75) is 33.2 Å². The van der Waals surface area contributed by atoms with Crippen molar-refractivity contribution in [1.82, 2.24) is 5.32 Å². The third-order valence-electron chi connectivity index (χ3n) is 2.67. The Kier molecular flexibility index (Phi) is 4.82. The largest absolute Gasteiger partial charge is 0.397 e. The zero-order valence-electron chi connectivity index (χ0n) is 10.7. The predicted molar refractivity (Wildman–Crippen MR) is 72.2 cm³/mol. The second-order valence-electron chi connectivity index (χ2n) is 4.12. The molecule has 1 amide bonds. The van der Waals surface area contributed by atoms with E-state index in [1.54, 1.807) is 12.1 Å². The smallest absolute Gasteiger partial charge is 0.251 e. The van der Waals surface area contributed by atoms with Gasteiger partial charge in [-0.2, -0.15) is 0 Å². The summed E-state index contributed by atoms with van der Waals surface area (Å²) in [5, 5.41) is 6.05. The number of nitrogens with two attached hydrogens (primary N) is 1. The van der Waals surface area contributed by atoms with E-state index >= 15 is 0 Å². The summed E-state index contributed by atoms with van der Waals surface area (Å²) in [5.41, 5.74) is 8.00. The molecule has 1 aromatic rings. The fraction of sp³-hybridized carbons (Fsp3) is 0.462. The van der Waals surface area contributed by atoms with Crippen molar-refractivity contribution in [3.8, 4) is 0 Å². The summed E-state index contributed by atoms with van der Waals surface area (Å²) >= 11 is 0. The fourth-order valence-corrected chi connectivity index (χ4v) is 1.47. The third kappa shape index (κ3) is 3.66. The number of carbonyl (C=O) groups excluding carboxylic acids is 1. The lowest BCUT2D eigenvalue weighted by Gasteiger charge is -2.15. The maximum absolute atomic E-state index is 11.6. The number of carbonyl (C=O) groups is 1. The van der Waals surface area contributed by atoms with Crippen LogP contribution in [0, 0.1) is 0 Å². The molecule has 4 nitrogen and oxygen atoms in total. The van der Waals surface area contributed by atoms with Crippen molar-refractivity contribution in [3.05, 3.63) is 23.8 Å². The number of hydrogen-bond acceptors (Lipinski definition) is 3. The van der Waals surface area contributed by atoms with Crippen LogP contribution in [-0.2, 0) is 0 Å². The van der Waals surface area contributed by atoms with E-state index in [-0.39, 0.29) is 5.91 Å². The number of nitrogen functional groups attached to an aromatic ring is 1. The van der Waals surface area contributed by atoms with Gasteiger partial charge in [0.25, 0.3) is 5.91 Å². The van der Waals surface area contributed by atoms with Gasteiger partial charge in [-0.05, 0) is 38.5 Å². The highest BCUT2D eigenvalue weighted by atomic mass is 16.1. The molecule has 0 unspecified atom stereocenters. The Morgan fingerprint density at radius 3 is 2.65 bits per heavy atom. The summed E-state index contributed by atoms with van der Waals surface area (Å²) < 4.78 is 0. The first-order chi connectivity index (χ1) is 8.08. The number of amides is 1. The van der Waals surface area contributed by atoms with E-state index in [2.05, 4.69) is 24.5 Å². The van der Waals surface area contributed by atoms with Crippen molar-refractivity contribution < 1.29 is 4.79 Å². The Hall–Kier alpha value is -1.71. The van der Waals surface area contributed by atoms with E-state index in [9.17, 15) is 4.79 Å². The minimum Gasteiger partial charge on any atom is -0.397 e. The van der Waals surface area contributed by atoms with Gasteiger partial charge >= 0.3 is 0 Å². The molecule has 0 bridgehead atoms. The van der Waals surface area contributed by atoms with Crippen molar-refractivity contribution in [2.24, 2.45) is 0 Å². The van der Waals surface area contributed by atoms with Crippen molar-refractivity contribution in [1.29, 1.82) is 0 Å². The van der Waals surface area contributed by atoms with Crippen LogP contribution in [0.15, 0.2) is 18.2 Å². The van der Waals surface area contributed by atoms with E-state index in [1.165, 1.54) is 0 Å². The van der Waals surface area contributed by atoms with Gasteiger partial charge in [0.2, 0.25) is 0 Å². The topological polar surface area (TPSA) is 67.2 Å². The van der Waals surface area contributed by atoms with Crippen LogP contribution in [0.5, 0.6) is 0 Å². The highest BCUT2D eigenvalue weighted by Crippen LogP contribution is 2.21. The summed E-state index contributed by atoms with van der Waals surface area (Å²) in [5.74, 6) is -0.0886. The van der Waals surface area contributed by atoms with Gasteiger partial charge in [0, 0.05) is 18.2 Å². The lowest BCUT2D eigenvalue weighted by atomic mass is 10.1. The monoisotopic (exact) mass is 235 g/mol. The van der Waals surface area contributed by atoms with Gasteiger partial charge < -0.3 is 16.4 Å². The molecule has 1 rings (SSSR count). The van der Waals surface area contributed by atoms with Crippen molar-refractivity contribution in [3.63, 3.8) is 0 Å². The van der Waals surface area contributed by atoms with Gasteiger partial charge in [-0.3, -0.25) is 4.79 Å². The average Bonchev–Trinajstić information content (AvgIpc) is 2.31. The van der Waals surface area contributed by atoms with Crippen LogP contribution < -0.4 is 16.4 Å². The summed E-state index contributed by atoms with van der Waals surface area (Å²) in [6, 6.07) is 5.71.